The zero-order chi connectivity index (χ0) is 13.3. The predicted molar refractivity (Wildman–Crippen MR) is 65.2 cm³/mol. The van der Waals surface area contributed by atoms with E-state index in [0.717, 1.165) is 0 Å². The molecule has 2 rings (SSSR count). The molecule has 1 aromatic heterocycles. The Hall–Kier alpha value is -2.18. The molecule has 7 nitrogen and oxygen atoms in total. The number of hydrogen-bond acceptors (Lipinski definition) is 5. The minimum Gasteiger partial charge on any atom is -0.329 e. The highest BCUT2D eigenvalue weighted by atomic mass is 16.6. The number of likely N-dealkylation sites (N-methyl/N-ethyl adjacent to an activating group) is 1. The summed E-state index contributed by atoms with van der Waals surface area (Å²) in [5.74, 6) is 0.651. The molecule has 7 heteroatoms. The van der Waals surface area contributed by atoms with Crippen LogP contribution in [0.3, 0.4) is 0 Å². The van der Waals surface area contributed by atoms with Crippen LogP contribution in [0.5, 0.6) is 0 Å². The molecule has 0 bridgehead atoms. The Morgan fingerprint density at radius 1 is 1.50 bits per heavy atom. The molecule has 1 saturated heterocycles. The highest BCUT2D eigenvalue weighted by molar-refractivity contribution is 5.84. The minimum absolute atomic E-state index is 0.00313. The maximum atomic E-state index is 11.6. The van der Waals surface area contributed by atoms with Gasteiger partial charge in [-0.2, -0.15) is 0 Å². The van der Waals surface area contributed by atoms with E-state index in [0.29, 0.717) is 24.7 Å². The van der Waals surface area contributed by atoms with Crippen LogP contribution in [-0.2, 0) is 4.79 Å². The van der Waals surface area contributed by atoms with Crippen LogP contribution in [0, 0.1) is 17.0 Å². The topological polar surface area (TPSA) is 79.6 Å². The molecule has 18 heavy (non-hydrogen) atoms. The van der Waals surface area contributed by atoms with E-state index >= 15 is 0 Å². The molecule has 96 valence electrons. The lowest BCUT2D eigenvalue weighted by molar-refractivity contribution is -0.385. The van der Waals surface area contributed by atoms with Crippen LogP contribution in [0.4, 0.5) is 11.5 Å². The van der Waals surface area contributed by atoms with E-state index in [1.54, 1.807) is 17.9 Å². The third-order valence-corrected chi connectivity index (χ3v) is 2.97. The summed E-state index contributed by atoms with van der Waals surface area (Å²) in [6, 6.07) is 3.01. The normalized spacial score (nSPS) is 15.3. The first-order valence-corrected chi connectivity index (χ1v) is 5.67. The Kier molecular flexibility index (Phi) is 3.14. The molecule has 1 fully saturated rings. The number of rotatable bonds is 3. The Balaban J connectivity index is 2.23. The summed E-state index contributed by atoms with van der Waals surface area (Å²) in [7, 11) is 0. The Morgan fingerprint density at radius 2 is 2.22 bits per heavy atom. The lowest BCUT2D eigenvalue weighted by Crippen LogP contribution is -2.27. The van der Waals surface area contributed by atoms with Gasteiger partial charge >= 0.3 is 0 Å². The number of carbonyl (C=O) groups excluding carboxylic acids is 1. The fraction of sp³-hybridized carbons (Fsp3) is 0.455. The molecule has 1 aliphatic heterocycles. The van der Waals surface area contributed by atoms with Crippen molar-refractivity contribution in [3.05, 3.63) is 27.9 Å². The van der Waals surface area contributed by atoms with E-state index in [1.807, 2.05) is 11.8 Å². The van der Waals surface area contributed by atoms with Crippen LogP contribution in [0.15, 0.2) is 12.1 Å². The lowest BCUT2D eigenvalue weighted by Gasteiger charge is -2.17. The van der Waals surface area contributed by atoms with Crippen molar-refractivity contribution in [2.24, 2.45) is 0 Å². The van der Waals surface area contributed by atoms with Crippen molar-refractivity contribution >= 4 is 17.4 Å². The highest BCUT2D eigenvalue weighted by Gasteiger charge is 2.27. The number of amides is 1. The van der Waals surface area contributed by atoms with Crippen molar-refractivity contribution in [2.45, 2.75) is 13.8 Å². The van der Waals surface area contributed by atoms with Gasteiger partial charge in [0.25, 0.3) is 5.69 Å². The van der Waals surface area contributed by atoms with Crippen molar-refractivity contribution in [3.63, 3.8) is 0 Å². The first-order valence-electron chi connectivity index (χ1n) is 5.67. The number of pyridine rings is 1. The van der Waals surface area contributed by atoms with Gasteiger partial charge in [-0.15, -0.1) is 0 Å². The van der Waals surface area contributed by atoms with Gasteiger partial charge in [-0.25, -0.2) is 4.98 Å². The van der Waals surface area contributed by atoms with E-state index in [2.05, 4.69) is 4.98 Å². The van der Waals surface area contributed by atoms with E-state index in [9.17, 15) is 14.9 Å². The molecule has 0 radical (unpaired) electrons. The lowest BCUT2D eigenvalue weighted by atomic mass is 10.3. The molecule has 0 N–H and O–H groups in total. The van der Waals surface area contributed by atoms with Crippen molar-refractivity contribution < 1.29 is 9.72 Å². The Labute approximate surface area is 104 Å². The van der Waals surface area contributed by atoms with Crippen LogP contribution in [0.2, 0.25) is 0 Å². The van der Waals surface area contributed by atoms with Gasteiger partial charge in [-0.3, -0.25) is 14.9 Å². The second-order valence-corrected chi connectivity index (χ2v) is 4.12. The first-order chi connectivity index (χ1) is 8.52. The summed E-state index contributed by atoms with van der Waals surface area (Å²) in [5.41, 5.74) is 0.358. The third-order valence-electron chi connectivity index (χ3n) is 2.97. The molecule has 1 amide bonds. The largest absolute Gasteiger partial charge is 0.329 e. The van der Waals surface area contributed by atoms with Gasteiger partial charge in [-0.1, -0.05) is 0 Å². The zero-order valence-corrected chi connectivity index (χ0v) is 10.3. The predicted octanol–water partition coefficient (Wildman–Crippen LogP) is 0.924. The smallest absolute Gasteiger partial charge is 0.290 e. The van der Waals surface area contributed by atoms with Gasteiger partial charge in [0.1, 0.15) is 18.1 Å². The summed E-state index contributed by atoms with van der Waals surface area (Å²) in [6.45, 7) is 4.92. The molecule has 2 heterocycles. The third kappa shape index (κ3) is 2.11. The maximum absolute atomic E-state index is 11.6. The minimum atomic E-state index is -0.459. The molecular weight excluding hydrogens is 236 g/mol. The number of nitrogens with zero attached hydrogens (tertiary/aromatic N) is 4. The van der Waals surface area contributed by atoms with E-state index in [-0.39, 0.29) is 18.1 Å². The number of aryl methyl sites for hydroxylation is 1. The number of hydrogen-bond donors (Lipinski definition) is 0. The molecular formula is C11H14N4O3. The van der Waals surface area contributed by atoms with Crippen LogP contribution in [0.1, 0.15) is 12.6 Å². The van der Waals surface area contributed by atoms with Crippen molar-refractivity contribution in [3.8, 4) is 0 Å². The van der Waals surface area contributed by atoms with E-state index < -0.39 is 4.92 Å². The summed E-state index contributed by atoms with van der Waals surface area (Å²) in [4.78, 5) is 29.5. The van der Waals surface area contributed by atoms with E-state index in [4.69, 9.17) is 0 Å². The van der Waals surface area contributed by atoms with Crippen molar-refractivity contribution in [2.75, 3.05) is 24.7 Å². The number of anilines is 1. The number of aromatic nitrogens is 1. The summed E-state index contributed by atoms with van der Waals surface area (Å²) in [5, 5.41) is 10.7. The second kappa shape index (κ2) is 4.59. The summed E-state index contributed by atoms with van der Waals surface area (Å²) >= 11 is 0. The molecule has 0 saturated carbocycles. The van der Waals surface area contributed by atoms with E-state index in [1.165, 1.54) is 6.07 Å². The summed E-state index contributed by atoms with van der Waals surface area (Å²) < 4.78 is 0. The molecule has 1 aromatic rings. The number of nitro groups is 1. The molecule has 1 aliphatic rings. The average molecular weight is 250 g/mol. The first kappa shape index (κ1) is 12.3. The molecule has 0 aromatic carbocycles. The van der Waals surface area contributed by atoms with Crippen LogP contribution in [-0.4, -0.2) is 40.5 Å². The highest BCUT2D eigenvalue weighted by Crippen LogP contribution is 2.22. The standard InChI is InChI=1S/C11H14N4O3/c1-3-13-7-14(6-11(13)16)10-5-4-9(15(17)18)8(2)12-10/h4-5H,3,6-7H2,1-2H3. The fourth-order valence-corrected chi connectivity index (χ4v) is 1.94. The van der Waals surface area contributed by atoms with Crippen LogP contribution >= 0.6 is 0 Å². The van der Waals surface area contributed by atoms with Gasteiger partial charge in [0.05, 0.1) is 11.6 Å². The zero-order valence-electron chi connectivity index (χ0n) is 10.3. The average Bonchev–Trinajstić information content (AvgIpc) is 2.70. The van der Waals surface area contributed by atoms with Gasteiger partial charge in [-0.05, 0) is 19.9 Å². The van der Waals surface area contributed by atoms with Crippen LogP contribution in [0.25, 0.3) is 0 Å². The maximum Gasteiger partial charge on any atom is 0.290 e. The summed E-state index contributed by atoms with van der Waals surface area (Å²) in [6.07, 6.45) is 0. The molecule has 0 atom stereocenters. The van der Waals surface area contributed by atoms with Gasteiger partial charge in [0.2, 0.25) is 5.91 Å². The van der Waals surface area contributed by atoms with Gasteiger partial charge in [0, 0.05) is 12.6 Å². The Bertz CT molecular complexity index is 503. The van der Waals surface area contributed by atoms with Crippen molar-refractivity contribution in [1.82, 2.24) is 9.88 Å². The second-order valence-electron chi connectivity index (χ2n) is 4.12. The monoisotopic (exact) mass is 250 g/mol. The van der Waals surface area contributed by atoms with Crippen molar-refractivity contribution in [1.29, 1.82) is 0 Å². The van der Waals surface area contributed by atoms with Crippen LogP contribution < -0.4 is 4.90 Å². The quantitative estimate of drug-likeness (QED) is 0.588. The number of carbonyl (C=O) groups is 1. The SMILES string of the molecule is CCN1CN(c2ccc([N+](=O)[O-])c(C)n2)CC1=O. The van der Waals surface area contributed by atoms with Gasteiger partial charge in [0.15, 0.2) is 0 Å². The Morgan fingerprint density at radius 3 is 2.72 bits per heavy atom. The molecule has 0 spiro atoms. The fourth-order valence-electron chi connectivity index (χ4n) is 1.94. The molecule has 0 unspecified atom stereocenters. The molecule has 0 aliphatic carbocycles. The van der Waals surface area contributed by atoms with Gasteiger partial charge < -0.3 is 9.80 Å².